The van der Waals surface area contributed by atoms with Crippen molar-refractivity contribution in [1.29, 1.82) is 0 Å². The van der Waals surface area contributed by atoms with Gasteiger partial charge in [0.2, 0.25) is 11.9 Å². The molecule has 0 atom stereocenters. The lowest BCUT2D eigenvalue weighted by atomic mass is 9.84. The molecule has 1 aromatic carbocycles. The van der Waals surface area contributed by atoms with Crippen molar-refractivity contribution >= 4 is 23.6 Å². The van der Waals surface area contributed by atoms with Crippen LogP contribution in [0.5, 0.6) is 0 Å². The molecule has 9 nitrogen and oxygen atoms in total. The highest BCUT2D eigenvalue weighted by atomic mass is 16.5. The summed E-state index contributed by atoms with van der Waals surface area (Å²) in [5.74, 6) is 1.68. The summed E-state index contributed by atoms with van der Waals surface area (Å²) in [4.78, 5) is 36.8. The second-order valence-electron chi connectivity index (χ2n) is 9.71. The summed E-state index contributed by atoms with van der Waals surface area (Å²) >= 11 is 0. The van der Waals surface area contributed by atoms with Gasteiger partial charge >= 0.3 is 5.97 Å². The molecule has 0 bridgehead atoms. The summed E-state index contributed by atoms with van der Waals surface area (Å²) in [6, 6.07) is 10.9. The highest BCUT2D eigenvalue weighted by Crippen LogP contribution is 2.33. The number of hydrogen-bond donors (Lipinski definition) is 0. The molecule has 5 rings (SSSR count). The zero-order valence-electron chi connectivity index (χ0n) is 20.9. The van der Waals surface area contributed by atoms with Crippen LogP contribution in [-0.4, -0.2) is 69.6 Å². The van der Waals surface area contributed by atoms with Crippen LogP contribution in [0.2, 0.25) is 0 Å². The van der Waals surface area contributed by atoms with E-state index in [4.69, 9.17) is 5.10 Å². The first kappa shape index (κ1) is 24.2. The molecular weight excluding hydrogens is 456 g/mol. The maximum absolute atomic E-state index is 12.5. The summed E-state index contributed by atoms with van der Waals surface area (Å²) in [5.41, 5.74) is 3.50. The molecule has 190 valence electrons. The predicted molar refractivity (Wildman–Crippen MR) is 137 cm³/mol. The Morgan fingerprint density at radius 1 is 0.972 bits per heavy atom. The predicted octanol–water partition coefficient (Wildman–Crippen LogP) is 3.83. The van der Waals surface area contributed by atoms with Crippen LogP contribution >= 0.6 is 0 Å². The summed E-state index contributed by atoms with van der Waals surface area (Å²) < 4.78 is 6.46. The molecule has 0 unspecified atom stereocenters. The van der Waals surface area contributed by atoms with Gasteiger partial charge in [0.05, 0.1) is 12.8 Å². The Hall–Kier alpha value is -3.49. The summed E-state index contributed by atoms with van der Waals surface area (Å²) in [7, 11) is 1.36. The van der Waals surface area contributed by atoms with Crippen molar-refractivity contribution in [3.05, 3.63) is 42.1 Å². The van der Waals surface area contributed by atoms with E-state index in [0.29, 0.717) is 56.7 Å². The minimum absolute atomic E-state index is 0.0714. The smallest absolute Gasteiger partial charge is 0.305 e. The number of anilines is 1. The first-order valence-electron chi connectivity index (χ1n) is 13.0. The van der Waals surface area contributed by atoms with E-state index < -0.39 is 0 Å². The van der Waals surface area contributed by atoms with E-state index in [1.807, 2.05) is 15.5 Å². The number of aromatic nitrogens is 4. The van der Waals surface area contributed by atoms with Crippen molar-refractivity contribution in [2.24, 2.45) is 0 Å². The van der Waals surface area contributed by atoms with Crippen molar-refractivity contribution in [3.63, 3.8) is 0 Å². The maximum atomic E-state index is 12.5. The molecule has 0 radical (unpaired) electrons. The SMILES string of the molecule is COC(=O)CCCC(=O)N1CCN(c2nc3nccc(-c4ccc(C5CCCCC5)cc4)n3n2)CC1. The highest BCUT2D eigenvalue weighted by molar-refractivity contribution is 5.77. The van der Waals surface area contributed by atoms with Gasteiger partial charge in [-0.3, -0.25) is 9.59 Å². The standard InChI is InChI=1S/C27H34N6O3/c1-36-25(35)9-5-8-24(34)31-16-18-32(19-17-31)27-29-26-28-15-14-23(33(26)30-27)22-12-10-21(11-13-22)20-6-3-2-4-7-20/h10-15,20H,2-9,16-19H2,1H3. The lowest BCUT2D eigenvalue weighted by Crippen LogP contribution is -2.49. The second-order valence-corrected chi connectivity index (χ2v) is 9.71. The fraction of sp³-hybridized carbons (Fsp3) is 0.519. The van der Waals surface area contributed by atoms with E-state index in [-0.39, 0.29) is 18.3 Å². The molecule has 1 aliphatic carbocycles. The van der Waals surface area contributed by atoms with Crippen LogP contribution in [-0.2, 0) is 14.3 Å². The Morgan fingerprint density at radius 3 is 2.44 bits per heavy atom. The van der Waals surface area contributed by atoms with Crippen molar-refractivity contribution in [2.45, 2.75) is 57.3 Å². The molecule has 3 aromatic rings. The number of nitrogens with zero attached hydrogens (tertiary/aromatic N) is 6. The first-order chi connectivity index (χ1) is 17.6. The fourth-order valence-electron chi connectivity index (χ4n) is 5.30. The molecule has 1 amide bonds. The number of ether oxygens (including phenoxy) is 1. The molecule has 1 saturated carbocycles. The maximum Gasteiger partial charge on any atom is 0.305 e. The fourth-order valence-corrected chi connectivity index (χ4v) is 5.30. The number of benzene rings is 1. The molecule has 0 N–H and O–H groups in total. The van der Waals surface area contributed by atoms with Crippen LogP contribution in [0.4, 0.5) is 5.95 Å². The molecule has 2 fully saturated rings. The van der Waals surface area contributed by atoms with Crippen LogP contribution in [0, 0.1) is 0 Å². The molecule has 9 heteroatoms. The molecular formula is C27H34N6O3. The first-order valence-corrected chi connectivity index (χ1v) is 13.0. The third-order valence-corrected chi connectivity index (χ3v) is 7.43. The van der Waals surface area contributed by atoms with Crippen molar-refractivity contribution in [3.8, 4) is 11.3 Å². The monoisotopic (exact) mass is 490 g/mol. The van der Waals surface area contributed by atoms with Gasteiger partial charge in [-0.2, -0.15) is 9.50 Å². The zero-order valence-corrected chi connectivity index (χ0v) is 20.9. The van der Waals surface area contributed by atoms with Crippen LogP contribution < -0.4 is 4.90 Å². The third-order valence-electron chi connectivity index (χ3n) is 7.43. The number of piperazine rings is 1. The minimum Gasteiger partial charge on any atom is -0.469 e. The number of hydrogen-bond acceptors (Lipinski definition) is 7. The minimum atomic E-state index is -0.279. The van der Waals surface area contributed by atoms with Gasteiger partial charge in [-0.25, -0.2) is 4.98 Å². The average Bonchev–Trinajstić information content (AvgIpc) is 3.38. The Labute approximate surface area is 211 Å². The summed E-state index contributed by atoms with van der Waals surface area (Å²) in [6.07, 6.45) is 9.52. The van der Waals surface area contributed by atoms with Crippen molar-refractivity contribution in [2.75, 3.05) is 38.2 Å². The molecule has 1 aliphatic heterocycles. The third kappa shape index (κ3) is 5.34. The van der Waals surface area contributed by atoms with Crippen molar-refractivity contribution in [1.82, 2.24) is 24.5 Å². The van der Waals surface area contributed by atoms with Gasteiger partial charge in [0.15, 0.2) is 0 Å². The second kappa shape index (κ2) is 11.1. The number of esters is 1. The molecule has 0 spiro atoms. The summed E-state index contributed by atoms with van der Waals surface area (Å²) in [5, 5.41) is 4.79. The van der Waals surface area contributed by atoms with E-state index in [1.165, 1.54) is 44.8 Å². The Kier molecular flexibility index (Phi) is 7.44. The molecule has 2 aromatic heterocycles. The molecule has 1 saturated heterocycles. The van der Waals surface area contributed by atoms with Gasteiger partial charge in [0, 0.05) is 50.8 Å². The number of fused-ring (bicyclic) bond motifs is 1. The van der Waals surface area contributed by atoms with E-state index in [2.05, 4.69) is 43.9 Å². The number of carbonyl (C=O) groups is 2. The van der Waals surface area contributed by atoms with Gasteiger partial charge in [-0.05, 0) is 36.8 Å². The van der Waals surface area contributed by atoms with Crippen molar-refractivity contribution < 1.29 is 14.3 Å². The van der Waals surface area contributed by atoms with E-state index in [9.17, 15) is 9.59 Å². The lowest BCUT2D eigenvalue weighted by molar-refractivity contribution is -0.140. The summed E-state index contributed by atoms with van der Waals surface area (Å²) in [6.45, 7) is 2.53. The average molecular weight is 491 g/mol. The van der Waals surface area contributed by atoms with Gasteiger partial charge in [-0.1, -0.05) is 43.5 Å². The van der Waals surface area contributed by atoms with E-state index in [1.54, 1.807) is 6.20 Å². The van der Waals surface area contributed by atoms with E-state index in [0.717, 1.165) is 11.3 Å². The van der Waals surface area contributed by atoms with Crippen LogP contribution in [0.15, 0.2) is 36.5 Å². The molecule has 3 heterocycles. The van der Waals surface area contributed by atoms with Crippen LogP contribution in [0.1, 0.15) is 62.8 Å². The topological polar surface area (TPSA) is 92.9 Å². The molecule has 36 heavy (non-hydrogen) atoms. The van der Waals surface area contributed by atoms with Gasteiger partial charge < -0.3 is 14.5 Å². The Bertz CT molecular complexity index is 1190. The van der Waals surface area contributed by atoms with Gasteiger partial charge in [0.1, 0.15) is 0 Å². The Morgan fingerprint density at radius 2 is 1.72 bits per heavy atom. The molecule has 2 aliphatic rings. The Balaban J connectivity index is 1.24. The van der Waals surface area contributed by atoms with Gasteiger partial charge in [-0.15, -0.1) is 5.10 Å². The number of methoxy groups -OCH3 is 1. The van der Waals surface area contributed by atoms with Gasteiger partial charge in [0.25, 0.3) is 5.78 Å². The number of rotatable bonds is 7. The largest absolute Gasteiger partial charge is 0.469 e. The lowest BCUT2D eigenvalue weighted by Gasteiger charge is -2.34. The highest BCUT2D eigenvalue weighted by Gasteiger charge is 2.24. The normalized spacial score (nSPS) is 16.9. The van der Waals surface area contributed by atoms with Crippen LogP contribution in [0.3, 0.4) is 0 Å². The quantitative estimate of drug-likeness (QED) is 0.465. The number of amides is 1. The zero-order chi connectivity index (χ0) is 24.9. The van der Waals surface area contributed by atoms with E-state index >= 15 is 0 Å². The number of carbonyl (C=O) groups excluding carboxylic acids is 2. The van der Waals surface area contributed by atoms with Crippen LogP contribution in [0.25, 0.3) is 17.0 Å².